The molecule has 0 unspecified atom stereocenters. The highest BCUT2D eigenvalue weighted by molar-refractivity contribution is 7.12. The molecule has 2 heterocycles. The lowest BCUT2D eigenvalue weighted by molar-refractivity contribution is -0.129. The van der Waals surface area contributed by atoms with Crippen LogP contribution in [0.15, 0.2) is 52.5 Å². The van der Waals surface area contributed by atoms with Gasteiger partial charge in [0.15, 0.2) is 5.70 Å². The Kier molecular flexibility index (Phi) is 2.97. The largest absolute Gasteiger partial charge is 0.401 e. The molecule has 3 nitrogen and oxygen atoms in total. The number of hydrogen-bond donors (Lipinski definition) is 0. The fourth-order valence-electron chi connectivity index (χ4n) is 1.67. The Morgan fingerprint density at radius 3 is 2.89 bits per heavy atom. The number of hydrogen-bond acceptors (Lipinski definition) is 4. The number of nitrogens with zero attached hydrogens (tertiary/aromatic N) is 1. The summed E-state index contributed by atoms with van der Waals surface area (Å²) in [4.78, 5) is 16.6. The highest BCUT2D eigenvalue weighted by Gasteiger charge is 2.24. The quantitative estimate of drug-likeness (QED) is 0.622. The summed E-state index contributed by atoms with van der Waals surface area (Å²) in [5.74, 6) is -0.585. The Labute approximate surface area is 112 Å². The van der Waals surface area contributed by atoms with E-state index in [2.05, 4.69) is 4.99 Å². The number of rotatable bonds is 2. The van der Waals surface area contributed by atoms with Crippen molar-refractivity contribution in [1.29, 1.82) is 0 Å². The van der Waals surface area contributed by atoms with Gasteiger partial charge >= 0.3 is 5.97 Å². The summed E-state index contributed by atoms with van der Waals surface area (Å²) in [5.41, 5.74) is 0.747. The van der Waals surface area contributed by atoms with Crippen molar-refractivity contribution >= 4 is 29.3 Å². The number of carbonyl (C=O) groups excluding carboxylic acids is 1. The number of ether oxygens (including phenoxy) is 1. The number of cyclic esters (lactones) is 1. The third-order valence-electron chi connectivity index (χ3n) is 2.50. The second kappa shape index (κ2) is 4.78. The van der Waals surface area contributed by atoms with E-state index in [9.17, 15) is 9.18 Å². The zero-order chi connectivity index (χ0) is 13.2. The smallest absolute Gasteiger partial charge is 0.363 e. The van der Waals surface area contributed by atoms with Gasteiger partial charge < -0.3 is 4.74 Å². The van der Waals surface area contributed by atoms with E-state index in [0.29, 0.717) is 11.5 Å². The van der Waals surface area contributed by atoms with Crippen LogP contribution < -0.4 is 0 Å². The van der Waals surface area contributed by atoms with Gasteiger partial charge in [-0.25, -0.2) is 14.2 Å². The zero-order valence-corrected chi connectivity index (χ0v) is 10.5. The van der Waals surface area contributed by atoms with Crippen LogP contribution in [0.3, 0.4) is 0 Å². The SMILES string of the molecule is O=C1OC(c2cccs2)=N/C1=C/c1cccc(F)c1. The van der Waals surface area contributed by atoms with Crippen LogP contribution in [0.25, 0.3) is 6.08 Å². The van der Waals surface area contributed by atoms with E-state index in [-0.39, 0.29) is 11.5 Å². The predicted molar refractivity (Wildman–Crippen MR) is 71.3 cm³/mol. The number of halogens is 1. The van der Waals surface area contributed by atoms with Crippen LogP contribution in [0.5, 0.6) is 0 Å². The zero-order valence-electron chi connectivity index (χ0n) is 9.67. The van der Waals surface area contributed by atoms with Crippen molar-refractivity contribution in [2.75, 3.05) is 0 Å². The van der Waals surface area contributed by atoms with Crippen LogP contribution in [0.2, 0.25) is 0 Å². The van der Waals surface area contributed by atoms with Gasteiger partial charge in [-0.15, -0.1) is 11.3 Å². The molecule has 1 aliphatic rings. The monoisotopic (exact) mass is 273 g/mol. The molecule has 5 heteroatoms. The number of benzene rings is 1. The molecule has 0 spiro atoms. The highest BCUT2D eigenvalue weighted by atomic mass is 32.1. The van der Waals surface area contributed by atoms with E-state index < -0.39 is 5.97 Å². The van der Waals surface area contributed by atoms with Crippen molar-refractivity contribution in [3.8, 4) is 0 Å². The molecule has 0 radical (unpaired) electrons. The molecule has 0 saturated heterocycles. The molecule has 0 aliphatic carbocycles. The van der Waals surface area contributed by atoms with Gasteiger partial charge in [-0.2, -0.15) is 0 Å². The third-order valence-corrected chi connectivity index (χ3v) is 3.36. The Hall–Kier alpha value is -2.27. The van der Waals surface area contributed by atoms with Crippen molar-refractivity contribution in [2.45, 2.75) is 0 Å². The first-order valence-electron chi connectivity index (χ1n) is 5.54. The second-order valence-corrected chi connectivity index (χ2v) is 4.82. The first kappa shape index (κ1) is 11.8. The van der Waals surface area contributed by atoms with E-state index in [0.717, 1.165) is 4.88 Å². The third kappa shape index (κ3) is 2.46. The topological polar surface area (TPSA) is 38.7 Å². The minimum absolute atomic E-state index is 0.175. The Balaban J connectivity index is 1.95. The van der Waals surface area contributed by atoms with Crippen molar-refractivity contribution in [3.05, 3.63) is 63.7 Å². The van der Waals surface area contributed by atoms with Crippen LogP contribution in [-0.2, 0) is 9.53 Å². The number of thiophene rings is 1. The lowest BCUT2D eigenvalue weighted by Gasteiger charge is -1.94. The summed E-state index contributed by atoms with van der Waals surface area (Å²) in [6.07, 6.45) is 1.51. The van der Waals surface area contributed by atoms with E-state index in [1.165, 1.54) is 29.5 Å². The van der Waals surface area contributed by atoms with E-state index in [1.807, 2.05) is 17.5 Å². The standard InChI is InChI=1S/C14H8FNO2S/c15-10-4-1-3-9(7-10)8-11-14(17)18-13(16-11)12-5-2-6-19-12/h1-8H/b11-8+. The summed E-state index contributed by atoms with van der Waals surface area (Å²) < 4.78 is 18.1. The maximum atomic E-state index is 13.1. The minimum atomic E-state index is -0.521. The summed E-state index contributed by atoms with van der Waals surface area (Å²) in [7, 11) is 0. The van der Waals surface area contributed by atoms with Crippen molar-refractivity contribution in [1.82, 2.24) is 0 Å². The fraction of sp³-hybridized carbons (Fsp3) is 0. The Morgan fingerprint density at radius 2 is 2.16 bits per heavy atom. The summed E-state index contributed by atoms with van der Waals surface area (Å²) >= 11 is 1.44. The van der Waals surface area contributed by atoms with E-state index >= 15 is 0 Å². The highest BCUT2D eigenvalue weighted by Crippen LogP contribution is 2.21. The molecule has 2 aromatic rings. The molecule has 1 aromatic carbocycles. The first-order chi connectivity index (χ1) is 9.22. The molecule has 0 amide bonds. The molecule has 1 aliphatic heterocycles. The average molecular weight is 273 g/mol. The van der Waals surface area contributed by atoms with Crippen molar-refractivity contribution in [3.63, 3.8) is 0 Å². The van der Waals surface area contributed by atoms with Crippen LogP contribution >= 0.6 is 11.3 Å². The second-order valence-electron chi connectivity index (χ2n) is 3.87. The molecule has 94 valence electrons. The number of carbonyl (C=O) groups is 1. The fourth-order valence-corrected chi connectivity index (χ4v) is 2.32. The lowest BCUT2D eigenvalue weighted by atomic mass is 10.2. The van der Waals surface area contributed by atoms with Gasteiger partial charge in [-0.05, 0) is 35.2 Å². The van der Waals surface area contributed by atoms with Gasteiger partial charge in [0.1, 0.15) is 5.82 Å². The normalized spacial score (nSPS) is 16.6. The Bertz CT molecular complexity index is 689. The molecule has 19 heavy (non-hydrogen) atoms. The van der Waals surface area contributed by atoms with Crippen LogP contribution in [-0.4, -0.2) is 11.9 Å². The van der Waals surface area contributed by atoms with Gasteiger partial charge in [-0.3, -0.25) is 0 Å². The molecule has 0 fully saturated rings. The number of aliphatic imine (C=N–C) groups is 1. The maximum Gasteiger partial charge on any atom is 0.363 e. The van der Waals surface area contributed by atoms with Gasteiger partial charge in [0.2, 0.25) is 5.90 Å². The molecule has 0 bridgehead atoms. The molecule has 3 rings (SSSR count). The first-order valence-corrected chi connectivity index (χ1v) is 6.42. The van der Waals surface area contributed by atoms with Crippen LogP contribution in [0.4, 0.5) is 4.39 Å². The van der Waals surface area contributed by atoms with Crippen molar-refractivity contribution < 1.29 is 13.9 Å². The van der Waals surface area contributed by atoms with Gasteiger partial charge in [0.25, 0.3) is 0 Å². The van der Waals surface area contributed by atoms with Crippen LogP contribution in [0.1, 0.15) is 10.4 Å². The van der Waals surface area contributed by atoms with Gasteiger partial charge in [0.05, 0.1) is 4.88 Å². The summed E-state index contributed by atoms with van der Waals surface area (Å²) in [5, 5.41) is 1.87. The predicted octanol–water partition coefficient (Wildman–Crippen LogP) is 3.23. The molecular formula is C14H8FNO2S. The maximum absolute atomic E-state index is 13.1. The van der Waals surface area contributed by atoms with E-state index in [4.69, 9.17) is 4.74 Å². The van der Waals surface area contributed by atoms with Crippen molar-refractivity contribution in [2.24, 2.45) is 4.99 Å². The molecule has 0 atom stereocenters. The lowest BCUT2D eigenvalue weighted by Crippen LogP contribution is -2.03. The van der Waals surface area contributed by atoms with Gasteiger partial charge in [-0.1, -0.05) is 18.2 Å². The van der Waals surface area contributed by atoms with Crippen LogP contribution in [0, 0.1) is 5.82 Å². The molecular weight excluding hydrogens is 265 g/mol. The molecule has 0 saturated carbocycles. The Morgan fingerprint density at radius 1 is 1.26 bits per heavy atom. The number of esters is 1. The summed E-state index contributed by atoms with van der Waals surface area (Å²) in [6.45, 7) is 0. The molecule has 1 aromatic heterocycles. The minimum Gasteiger partial charge on any atom is -0.401 e. The average Bonchev–Trinajstić information content (AvgIpc) is 3.00. The van der Waals surface area contributed by atoms with E-state index in [1.54, 1.807) is 12.1 Å². The summed E-state index contributed by atoms with van der Waals surface area (Å²) in [6, 6.07) is 9.62. The van der Waals surface area contributed by atoms with Gasteiger partial charge in [0, 0.05) is 0 Å². The molecule has 0 N–H and O–H groups in total.